The van der Waals surface area contributed by atoms with Gasteiger partial charge in [-0.2, -0.15) is 0 Å². The molecule has 4 heteroatoms. The monoisotopic (exact) mass is 228 g/mol. The Morgan fingerprint density at radius 3 is 2.93 bits per heavy atom. The van der Waals surface area contributed by atoms with Crippen molar-refractivity contribution in [1.29, 1.82) is 0 Å². The lowest BCUT2D eigenvalue weighted by atomic mass is 10.1. The first-order chi connectivity index (χ1) is 7.27. The smallest absolute Gasteiger partial charge is 0.119 e. The van der Waals surface area contributed by atoms with Crippen LogP contribution in [0.5, 0.6) is 0 Å². The van der Waals surface area contributed by atoms with E-state index in [9.17, 15) is 0 Å². The van der Waals surface area contributed by atoms with Crippen molar-refractivity contribution in [3.05, 3.63) is 16.1 Å². The van der Waals surface area contributed by atoms with Crippen molar-refractivity contribution in [3.8, 4) is 0 Å². The molecule has 3 nitrogen and oxygen atoms in total. The largest absolute Gasteiger partial charge is 0.374 e. The van der Waals surface area contributed by atoms with Gasteiger partial charge in [0.1, 0.15) is 5.01 Å². The average molecular weight is 228 g/mol. The summed E-state index contributed by atoms with van der Waals surface area (Å²) in [6.45, 7) is 5.66. The van der Waals surface area contributed by atoms with Gasteiger partial charge in [0.15, 0.2) is 0 Å². The van der Waals surface area contributed by atoms with Crippen LogP contribution in [-0.4, -0.2) is 11.6 Å². The number of rotatable bonds is 7. The van der Waals surface area contributed by atoms with Gasteiger partial charge in [0.05, 0.1) is 12.3 Å². The minimum Gasteiger partial charge on any atom is -0.374 e. The number of hydrogen-bond donors (Lipinski definition) is 1. The van der Waals surface area contributed by atoms with E-state index in [4.69, 9.17) is 10.5 Å². The zero-order valence-corrected chi connectivity index (χ0v) is 10.3. The van der Waals surface area contributed by atoms with Gasteiger partial charge in [-0.25, -0.2) is 4.98 Å². The second-order valence-corrected chi connectivity index (χ2v) is 4.56. The summed E-state index contributed by atoms with van der Waals surface area (Å²) in [5.41, 5.74) is 6.99. The molecule has 0 aliphatic carbocycles. The SMILES string of the molecule is CCCOCc1nc(C(N)CCC)cs1. The standard InChI is InChI=1S/C11H20N2OS/c1-3-5-9(12)10-8-15-11(13-10)7-14-6-4-2/h8-9H,3-7,12H2,1-2H3. The first kappa shape index (κ1) is 12.6. The first-order valence-electron chi connectivity index (χ1n) is 5.55. The van der Waals surface area contributed by atoms with E-state index in [1.54, 1.807) is 11.3 Å². The molecule has 1 rings (SSSR count). The molecule has 0 radical (unpaired) electrons. The molecule has 86 valence electrons. The summed E-state index contributed by atoms with van der Waals surface area (Å²) in [5, 5.41) is 3.08. The van der Waals surface area contributed by atoms with Crippen LogP contribution in [0.15, 0.2) is 5.38 Å². The Balaban J connectivity index is 2.41. The number of hydrogen-bond acceptors (Lipinski definition) is 4. The first-order valence-corrected chi connectivity index (χ1v) is 6.43. The molecule has 1 atom stereocenters. The summed E-state index contributed by atoms with van der Waals surface area (Å²) >= 11 is 1.64. The highest BCUT2D eigenvalue weighted by Crippen LogP contribution is 2.19. The van der Waals surface area contributed by atoms with E-state index in [0.717, 1.165) is 36.6 Å². The van der Waals surface area contributed by atoms with E-state index < -0.39 is 0 Å². The number of aromatic nitrogens is 1. The molecule has 0 aliphatic heterocycles. The topological polar surface area (TPSA) is 48.1 Å². The quantitative estimate of drug-likeness (QED) is 0.730. The molecule has 1 unspecified atom stereocenters. The molecule has 0 bridgehead atoms. The van der Waals surface area contributed by atoms with Gasteiger partial charge in [0.25, 0.3) is 0 Å². The molecular formula is C11H20N2OS. The third-order valence-corrected chi connectivity index (χ3v) is 2.96. The van der Waals surface area contributed by atoms with Crippen molar-refractivity contribution >= 4 is 11.3 Å². The van der Waals surface area contributed by atoms with E-state index in [-0.39, 0.29) is 6.04 Å². The Hall–Kier alpha value is -0.450. The van der Waals surface area contributed by atoms with Crippen molar-refractivity contribution in [2.45, 2.75) is 45.8 Å². The van der Waals surface area contributed by atoms with Crippen LogP contribution in [0.3, 0.4) is 0 Å². The van der Waals surface area contributed by atoms with E-state index >= 15 is 0 Å². The molecule has 0 saturated carbocycles. The zero-order chi connectivity index (χ0) is 11.1. The zero-order valence-electron chi connectivity index (χ0n) is 9.53. The van der Waals surface area contributed by atoms with Gasteiger partial charge in [-0.3, -0.25) is 0 Å². The molecule has 0 spiro atoms. The molecular weight excluding hydrogens is 208 g/mol. The summed E-state index contributed by atoms with van der Waals surface area (Å²) in [5.74, 6) is 0. The summed E-state index contributed by atoms with van der Waals surface area (Å²) < 4.78 is 5.43. The Morgan fingerprint density at radius 1 is 1.47 bits per heavy atom. The number of ether oxygens (including phenoxy) is 1. The van der Waals surface area contributed by atoms with Crippen molar-refractivity contribution in [2.75, 3.05) is 6.61 Å². The van der Waals surface area contributed by atoms with Gasteiger partial charge in [-0.05, 0) is 12.8 Å². The van der Waals surface area contributed by atoms with E-state index in [0.29, 0.717) is 6.61 Å². The van der Waals surface area contributed by atoms with Crippen LogP contribution in [0.4, 0.5) is 0 Å². The summed E-state index contributed by atoms with van der Waals surface area (Å²) in [6, 6.07) is 0.0891. The molecule has 1 aromatic rings. The molecule has 1 heterocycles. The summed E-state index contributed by atoms with van der Waals surface area (Å²) in [6.07, 6.45) is 3.15. The van der Waals surface area contributed by atoms with Crippen LogP contribution < -0.4 is 5.73 Å². The maximum Gasteiger partial charge on any atom is 0.119 e. The van der Waals surface area contributed by atoms with Gasteiger partial charge in [-0.15, -0.1) is 11.3 Å². The van der Waals surface area contributed by atoms with Crippen molar-refractivity contribution in [3.63, 3.8) is 0 Å². The number of nitrogens with two attached hydrogens (primary N) is 1. The van der Waals surface area contributed by atoms with Crippen molar-refractivity contribution in [1.82, 2.24) is 4.98 Å². The highest BCUT2D eigenvalue weighted by molar-refractivity contribution is 7.09. The number of thiazole rings is 1. The Bertz CT molecular complexity index is 275. The molecule has 1 aromatic heterocycles. The summed E-state index contributed by atoms with van der Waals surface area (Å²) in [4.78, 5) is 4.47. The van der Waals surface area contributed by atoms with Crippen LogP contribution in [0.25, 0.3) is 0 Å². The normalized spacial score (nSPS) is 13.0. The second kappa shape index (κ2) is 6.93. The Labute approximate surface area is 95.7 Å². The van der Waals surface area contributed by atoms with Crippen LogP contribution in [0.2, 0.25) is 0 Å². The van der Waals surface area contributed by atoms with Gasteiger partial charge < -0.3 is 10.5 Å². The van der Waals surface area contributed by atoms with E-state index in [1.165, 1.54) is 0 Å². The van der Waals surface area contributed by atoms with Gasteiger partial charge in [-0.1, -0.05) is 20.3 Å². The van der Waals surface area contributed by atoms with E-state index in [2.05, 4.69) is 18.8 Å². The average Bonchev–Trinajstić information content (AvgIpc) is 2.67. The lowest BCUT2D eigenvalue weighted by molar-refractivity contribution is 0.121. The molecule has 2 N–H and O–H groups in total. The lowest BCUT2D eigenvalue weighted by Gasteiger charge is -2.05. The Morgan fingerprint density at radius 2 is 2.27 bits per heavy atom. The molecule has 0 amide bonds. The van der Waals surface area contributed by atoms with Gasteiger partial charge in [0, 0.05) is 18.0 Å². The van der Waals surface area contributed by atoms with Crippen molar-refractivity contribution < 1.29 is 4.74 Å². The van der Waals surface area contributed by atoms with Crippen LogP contribution in [0, 0.1) is 0 Å². The maximum absolute atomic E-state index is 5.98. The number of nitrogens with zero attached hydrogens (tertiary/aromatic N) is 1. The fourth-order valence-corrected chi connectivity index (χ4v) is 2.12. The fourth-order valence-electron chi connectivity index (χ4n) is 1.32. The minimum absolute atomic E-state index is 0.0891. The maximum atomic E-state index is 5.98. The van der Waals surface area contributed by atoms with Gasteiger partial charge in [0.2, 0.25) is 0 Å². The highest BCUT2D eigenvalue weighted by atomic mass is 32.1. The summed E-state index contributed by atoms with van der Waals surface area (Å²) in [7, 11) is 0. The minimum atomic E-state index is 0.0891. The predicted molar refractivity (Wildman–Crippen MR) is 63.9 cm³/mol. The Kier molecular flexibility index (Phi) is 5.83. The van der Waals surface area contributed by atoms with Crippen LogP contribution in [-0.2, 0) is 11.3 Å². The highest BCUT2D eigenvalue weighted by Gasteiger charge is 2.09. The predicted octanol–water partition coefficient (Wildman–Crippen LogP) is 2.87. The molecule has 0 fully saturated rings. The molecule has 0 saturated heterocycles. The van der Waals surface area contributed by atoms with Crippen LogP contribution >= 0.6 is 11.3 Å². The lowest BCUT2D eigenvalue weighted by Crippen LogP contribution is -2.10. The van der Waals surface area contributed by atoms with E-state index in [1.807, 2.05) is 5.38 Å². The third kappa shape index (κ3) is 4.28. The molecule has 0 aromatic carbocycles. The fraction of sp³-hybridized carbons (Fsp3) is 0.727. The van der Waals surface area contributed by atoms with Gasteiger partial charge >= 0.3 is 0 Å². The van der Waals surface area contributed by atoms with Crippen molar-refractivity contribution in [2.24, 2.45) is 5.73 Å². The molecule has 0 aliphatic rings. The van der Waals surface area contributed by atoms with Crippen LogP contribution in [0.1, 0.15) is 49.9 Å². The third-order valence-electron chi connectivity index (χ3n) is 2.12. The second-order valence-electron chi connectivity index (χ2n) is 3.61. The molecule has 15 heavy (non-hydrogen) atoms.